The molecule has 0 spiro atoms. The smallest absolute Gasteiger partial charge is 0.258 e. The number of carbonyl (C=O) groups is 1. The number of amides is 1. The summed E-state index contributed by atoms with van der Waals surface area (Å²) in [6.45, 7) is 1.76. The Hall–Kier alpha value is -2.02. The number of pyridine rings is 1. The van der Waals surface area contributed by atoms with Gasteiger partial charge in [-0.25, -0.2) is 9.37 Å². The highest BCUT2D eigenvalue weighted by atomic mass is 79.9. The van der Waals surface area contributed by atoms with Crippen LogP contribution in [0.15, 0.2) is 28.9 Å². The van der Waals surface area contributed by atoms with Crippen molar-refractivity contribution in [3.05, 3.63) is 51.8 Å². The Bertz CT molecular complexity index is 708. The van der Waals surface area contributed by atoms with Crippen LogP contribution in [-0.4, -0.2) is 18.0 Å². The lowest BCUT2D eigenvalue weighted by atomic mass is 10.1. The van der Waals surface area contributed by atoms with Gasteiger partial charge in [0.1, 0.15) is 5.75 Å². The molecule has 0 radical (unpaired) electrons. The molecule has 1 aromatic carbocycles. The lowest BCUT2D eigenvalue weighted by Crippen LogP contribution is -2.16. The molecule has 0 bridgehead atoms. The van der Waals surface area contributed by atoms with Gasteiger partial charge in [0.25, 0.3) is 5.91 Å². The number of nitrogens with zero attached hydrogens (tertiary/aromatic N) is 1. The second kappa shape index (κ2) is 6.17. The summed E-state index contributed by atoms with van der Waals surface area (Å²) in [5.41, 5.74) is 0.679. The van der Waals surface area contributed by atoms with E-state index in [9.17, 15) is 13.6 Å². The van der Waals surface area contributed by atoms with E-state index in [4.69, 9.17) is 4.74 Å². The first-order valence-corrected chi connectivity index (χ1v) is 6.68. The molecule has 0 unspecified atom stereocenters. The predicted octanol–water partition coefficient (Wildman–Crippen LogP) is 3.69. The average molecular weight is 357 g/mol. The molecule has 0 fully saturated rings. The average Bonchev–Trinajstić information content (AvgIpc) is 2.44. The van der Waals surface area contributed by atoms with Crippen molar-refractivity contribution in [2.45, 2.75) is 6.92 Å². The Morgan fingerprint density at radius 3 is 2.76 bits per heavy atom. The molecule has 0 aliphatic heterocycles. The Morgan fingerprint density at radius 2 is 2.10 bits per heavy atom. The second-order valence-electron chi connectivity index (χ2n) is 4.22. The number of halogens is 3. The number of carbonyl (C=O) groups excluding carboxylic acids is 1. The lowest BCUT2D eigenvalue weighted by Gasteiger charge is -2.14. The summed E-state index contributed by atoms with van der Waals surface area (Å²) in [7, 11) is 1.45. The Balaban J connectivity index is 2.38. The van der Waals surface area contributed by atoms with E-state index in [0.717, 1.165) is 16.7 Å². The summed E-state index contributed by atoms with van der Waals surface area (Å²) < 4.78 is 32.6. The second-order valence-corrected chi connectivity index (χ2v) is 5.13. The van der Waals surface area contributed by atoms with E-state index in [-0.39, 0.29) is 0 Å². The third-order valence-corrected chi connectivity index (χ3v) is 3.27. The molecular weight excluding hydrogens is 346 g/mol. The number of anilines is 1. The summed E-state index contributed by atoms with van der Waals surface area (Å²) in [5, 5.41) is 2.52. The zero-order chi connectivity index (χ0) is 15.6. The van der Waals surface area contributed by atoms with Crippen molar-refractivity contribution < 1.29 is 18.3 Å². The van der Waals surface area contributed by atoms with Crippen LogP contribution in [0.25, 0.3) is 0 Å². The predicted molar refractivity (Wildman–Crippen MR) is 77.5 cm³/mol. The van der Waals surface area contributed by atoms with E-state index in [2.05, 4.69) is 26.2 Å². The van der Waals surface area contributed by atoms with Crippen LogP contribution in [0.4, 0.5) is 14.5 Å². The fourth-order valence-corrected chi connectivity index (χ4v) is 2.36. The van der Waals surface area contributed by atoms with Gasteiger partial charge < -0.3 is 10.1 Å². The highest BCUT2D eigenvalue weighted by molar-refractivity contribution is 9.10. The maximum Gasteiger partial charge on any atom is 0.258 e. The van der Waals surface area contributed by atoms with Crippen molar-refractivity contribution in [1.82, 2.24) is 4.98 Å². The minimum atomic E-state index is -1.32. The molecule has 0 aliphatic carbocycles. The maximum atomic E-state index is 13.6. The largest absolute Gasteiger partial charge is 0.495 e. The summed E-state index contributed by atoms with van der Waals surface area (Å²) in [4.78, 5) is 15.2. The van der Waals surface area contributed by atoms with Gasteiger partial charge in [0.05, 0.1) is 18.4 Å². The molecule has 0 saturated carbocycles. The summed E-state index contributed by atoms with van der Waals surface area (Å²) in [5.74, 6) is -2.98. The third-order valence-electron chi connectivity index (χ3n) is 2.81. The number of aromatic nitrogens is 1. The van der Waals surface area contributed by atoms with E-state index in [1.54, 1.807) is 19.1 Å². The number of ether oxygens (including phenoxy) is 1. The van der Waals surface area contributed by atoms with Gasteiger partial charge in [0, 0.05) is 10.7 Å². The molecule has 1 amide bonds. The topological polar surface area (TPSA) is 51.2 Å². The van der Waals surface area contributed by atoms with Crippen LogP contribution in [-0.2, 0) is 0 Å². The molecule has 2 aromatic rings. The zero-order valence-electron chi connectivity index (χ0n) is 11.2. The van der Waals surface area contributed by atoms with Crippen molar-refractivity contribution in [3.8, 4) is 5.75 Å². The van der Waals surface area contributed by atoms with Crippen molar-refractivity contribution in [2.75, 3.05) is 12.4 Å². The van der Waals surface area contributed by atoms with Gasteiger partial charge in [0.15, 0.2) is 5.82 Å². The quantitative estimate of drug-likeness (QED) is 0.853. The first-order valence-electron chi connectivity index (χ1n) is 5.89. The van der Waals surface area contributed by atoms with Crippen LogP contribution >= 0.6 is 15.9 Å². The Morgan fingerprint density at radius 1 is 1.38 bits per heavy atom. The molecule has 1 aromatic heterocycles. The first-order chi connectivity index (χ1) is 9.93. The lowest BCUT2D eigenvalue weighted by molar-refractivity contribution is 0.102. The highest BCUT2D eigenvalue weighted by Gasteiger charge is 2.18. The molecule has 110 valence electrons. The number of hydrogen-bond donors (Lipinski definition) is 1. The maximum absolute atomic E-state index is 13.6. The van der Waals surface area contributed by atoms with Crippen molar-refractivity contribution in [3.63, 3.8) is 0 Å². The van der Waals surface area contributed by atoms with Gasteiger partial charge in [-0.2, -0.15) is 4.39 Å². The zero-order valence-corrected chi connectivity index (χ0v) is 12.8. The molecule has 1 N–H and O–H groups in total. The molecule has 7 heteroatoms. The standard InChI is InChI=1S/C14H11BrF2N2O2/c1-7-5-8(15)6-10(21-2)12(7)19-14(20)9-3-4-18-13(17)11(9)16/h3-6H,1-2H3,(H,19,20). The van der Waals surface area contributed by atoms with Gasteiger partial charge in [-0.05, 0) is 30.7 Å². The van der Waals surface area contributed by atoms with E-state index < -0.39 is 23.2 Å². The molecule has 1 heterocycles. The van der Waals surface area contributed by atoms with E-state index in [1.165, 1.54) is 7.11 Å². The van der Waals surface area contributed by atoms with E-state index in [1.807, 2.05) is 0 Å². The van der Waals surface area contributed by atoms with Crippen molar-refractivity contribution in [1.29, 1.82) is 0 Å². The molecule has 0 aliphatic rings. The number of hydrogen-bond acceptors (Lipinski definition) is 3. The Kier molecular flexibility index (Phi) is 4.52. The number of benzene rings is 1. The van der Waals surface area contributed by atoms with Gasteiger partial charge in [-0.15, -0.1) is 0 Å². The molecular formula is C14H11BrF2N2O2. The number of aryl methyl sites for hydroxylation is 1. The summed E-state index contributed by atoms with van der Waals surface area (Å²) in [6, 6.07) is 4.53. The first kappa shape index (κ1) is 15.4. The SMILES string of the molecule is COc1cc(Br)cc(C)c1NC(=O)c1ccnc(F)c1F. The van der Waals surface area contributed by atoms with Crippen LogP contribution in [0.3, 0.4) is 0 Å². The molecule has 21 heavy (non-hydrogen) atoms. The number of rotatable bonds is 3. The Labute approximate surface area is 128 Å². The van der Waals surface area contributed by atoms with Crippen molar-refractivity contribution in [2.24, 2.45) is 0 Å². The summed E-state index contributed by atoms with van der Waals surface area (Å²) in [6.07, 6.45) is 1.03. The molecule has 4 nitrogen and oxygen atoms in total. The van der Waals surface area contributed by atoms with Gasteiger partial charge in [0.2, 0.25) is 5.95 Å². The fraction of sp³-hybridized carbons (Fsp3) is 0.143. The number of nitrogens with one attached hydrogen (secondary N) is 1. The minimum Gasteiger partial charge on any atom is -0.495 e. The van der Waals surface area contributed by atoms with Gasteiger partial charge >= 0.3 is 0 Å². The highest BCUT2D eigenvalue weighted by Crippen LogP contribution is 2.32. The van der Waals surface area contributed by atoms with Gasteiger partial charge in [-0.1, -0.05) is 15.9 Å². The monoisotopic (exact) mass is 356 g/mol. The van der Waals surface area contributed by atoms with Crippen LogP contribution in [0.1, 0.15) is 15.9 Å². The van der Waals surface area contributed by atoms with Crippen LogP contribution in [0, 0.1) is 18.7 Å². The third kappa shape index (κ3) is 3.18. The number of methoxy groups -OCH3 is 1. The van der Waals surface area contributed by atoms with Gasteiger partial charge in [-0.3, -0.25) is 4.79 Å². The fourth-order valence-electron chi connectivity index (χ4n) is 1.81. The van der Waals surface area contributed by atoms with E-state index in [0.29, 0.717) is 17.0 Å². The molecule has 0 saturated heterocycles. The van der Waals surface area contributed by atoms with E-state index >= 15 is 0 Å². The van der Waals surface area contributed by atoms with Crippen molar-refractivity contribution >= 4 is 27.5 Å². The molecule has 2 rings (SSSR count). The normalized spacial score (nSPS) is 10.3. The minimum absolute atomic E-state index is 0.391. The summed E-state index contributed by atoms with van der Waals surface area (Å²) >= 11 is 3.31. The van der Waals surface area contributed by atoms with Crippen LogP contribution < -0.4 is 10.1 Å². The molecule has 0 atom stereocenters. The van der Waals surface area contributed by atoms with Crippen LogP contribution in [0.2, 0.25) is 0 Å². The van der Waals surface area contributed by atoms with Crippen LogP contribution in [0.5, 0.6) is 5.75 Å².